The fraction of sp³-hybridized carbons (Fsp3) is 0.392. The van der Waals surface area contributed by atoms with E-state index in [1.54, 1.807) is 0 Å². The SMILES string of the molecule is C.O=C(CO)CCCCCCC(=O)Nc1ccc(C2CC(CSc3nc(-c4ccccc4)c(-c4ccccc4)o3)OC(c3ccc(NC(=O)CCCCCCC(=O)CO)cc3)O2)cc1. The summed E-state index contributed by atoms with van der Waals surface area (Å²) >= 11 is 1.49. The number of aliphatic hydroxyl groups is 2. The zero-order chi connectivity index (χ0) is 44.2. The molecule has 4 N–H and O–H groups in total. The highest BCUT2D eigenvalue weighted by Gasteiger charge is 2.33. The second-order valence-corrected chi connectivity index (χ2v) is 16.7. The summed E-state index contributed by atoms with van der Waals surface area (Å²) in [6.07, 6.45) is 6.93. The molecule has 6 rings (SSSR count). The average molecular weight is 892 g/mol. The van der Waals surface area contributed by atoms with Crippen LogP contribution in [0.1, 0.15) is 114 Å². The fourth-order valence-electron chi connectivity index (χ4n) is 7.32. The van der Waals surface area contributed by atoms with Gasteiger partial charge in [-0.3, -0.25) is 19.2 Å². The topological polar surface area (TPSA) is 177 Å². The second kappa shape index (κ2) is 26.4. The van der Waals surface area contributed by atoms with Crippen LogP contribution < -0.4 is 10.6 Å². The number of Topliss-reactive ketones (excluding diaryl/α,β-unsaturated/α-hetero) is 2. The van der Waals surface area contributed by atoms with Gasteiger partial charge in [-0.2, -0.15) is 0 Å². The Kier molecular flexibility index (Phi) is 20.4. The van der Waals surface area contributed by atoms with Crippen molar-refractivity contribution in [2.45, 2.75) is 115 Å². The first-order chi connectivity index (χ1) is 30.8. The molecule has 4 aromatic carbocycles. The van der Waals surface area contributed by atoms with Crippen LogP contribution in [0, 0.1) is 0 Å². The molecule has 12 nitrogen and oxygen atoms in total. The number of rotatable bonds is 25. The van der Waals surface area contributed by atoms with Crippen molar-refractivity contribution in [2.75, 3.05) is 29.6 Å². The van der Waals surface area contributed by atoms with Crippen molar-refractivity contribution in [2.24, 2.45) is 0 Å². The Morgan fingerprint density at radius 3 is 1.59 bits per heavy atom. The molecule has 0 saturated carbocycles. The Morgan fingerprint density at radius 2 is 1.08 bits per heavy atom. The van der Waals surface area contributed by atoms with E-state index in [0.29, 0.717) is 85.9 Å². The number of ketones is 2. The second-order valence-electron chi connectivity index (χ2n) is 15.7. The molecule has 1 fully saturated rings. The van der Waals surface area contributed by atoms with Gasteiger partial charge in [-0.1, -0.05) is 130 Å². The molecule has 0 bridgehead atoms. The molecule has 13 heteroatoms. The Balaban J connectivity index is 0.00000771. The van der Waals surface area contributed by atoms with Crippen LogP contribution in [0.3, 0.4) is 0 Å². The standard InChI is InChI=1S/C50H57N3O9S.CH4/c54-32-41(56)19-11-1-3-13-21-45(58)51-39-27-23-35(24-28-39)44-31-43(34-63-50-53-47(36-15-7-5-8-16-36)48(62-50)37-17-9-6-10-18-37)60-49(61-44)38-25-29-40(30-26-38)52-46(59)22-14-4-2-12-20-42(57)33-55;/h5-10,15-18,23-30,43-44,49,54-55H,1-4,11-14,19-22,31-34H2,(H,51,58)(H,52,59);1H4. The van der Waals surface area contributed by atoms with Gasteiger partial charge < -0.3 is 34.7 Å². The van der Waals surface area contributed by atoms with Gasteiger partial charge in [0.25, 0.3) is 5.22 Å². The van der Waals surface area contributed by atoms with Gasteiger partial charge >= 0.3 is 0 Å². The van der Waals surface area contributed by atoms with Gasteiger partial charge in [0, 0.05) is 65.9 Å². The molecule has 3 atom stereocenters. The van der Waals surface area contributed by atoms with Crippen LogP contribution in [-0.2, 0) is 28.7 Å². The van der Waals surface area contributed by atoms with Gasteiger partial charge in [-0.05, 0) is 55.5 Å². The number of thioether (sulfide) groups is 1. The number of carbonyl (C=O) groups is 4. The molecule has 340 valence electrons. The van der Waals surface area contributed by atoms with E-state index >= 15 is 0 Å². The normalized spacial score (nSPS) is 15.8. The minimum absolute atomic E-state index is 0. The summed E-state index contributed by atoms with van der Waals surface area (Å²) < 4.78 is 19.7. The summed E-state index contributed by atoms with van der Waals surface area (Å²) in [5, 5.41) is 24.2. The van der Waals surface area contributed by atoms with E-state index in [-0.39, 0.29) is 43.0 Å². The molecule has 64 heavy (non-hydrogen) atoms. The fourth-order valence-corrected chi connectivity index (χ4v) is 8.16. The van der Waals surface area contributed by atoms with Crippen LogP contribution in [0.25, 0.3) is 22.6 Å². The summed E-state index contributed by atoms with van der Waals surface area (Å²) in [5.41, 5.74) is 5.75. The highest BCUT2D eigenvalue weighted by atomic mass is 32.2. The Hall–Kier alpha value is -5.44. The maximum atomic E-state index is 12.7. The van der Waals surface area contributed by atoms with Crippen LogP contribution in [0.5, 0.6) is 0 Å². The summed E-state index contributed by atoms with van der Waals surface area (Å²) in [5.74, 6) is 0.767. The van der Waals surface area contributed by atoms with E-state index in [2.05, 4.69) is 10.6 Å². The molecule has 0 spiro atoms. The first-order valence-corrected chi connectivity index (χ1v) is 22.9. The minimum Gasteiger partial charge on any atom is -0.431 e. The third-order valence-electron chi connectivity index (χ3n) is 10.8. The van der Waals surface area contributed by atoms with Crippen molar-refractivity contribution in [1.29, 1.82) is 0 Å². The predicted molar refractivity (Wildman–Crippen MR) is 251 cm³/mol. The third-order valence-corrected chi connectivity index (χ3v) is 11.7. The number of carbonyl (C=O) groups excluding carboxylic acids is 4. The summed E-state index contributed by atoms with van der Waals surface area (Å²) in [7, 11) is 0. The number of anilines is 2. The van der Waals surface area contributed by atoms with E-state index in [4.69, 9.17) is 29.1 Å². The first-order valence-electron chi connectivity index (χ1n) is 21.9. The van der Waals surface area contributed by atoms with E-state index < -0.39 is 19.5 Å². The number of oxazole rings is 1. The highest BCUT2D eigenvalue weighted by molar-refractivity contribution is 7.99. The van der Waals surface area contributed by atoms with Gasteiger partial charge in [-0.15, -0.1) is 0 Å². The monoisotopic (exact) mass is 891 g/mol. The minimum atomic E-state index is -0.706. The maximum absolute atomic E-state index is 12.7. The smallest absolute Gasteiger partial charge is 0.256 e. The van der Waals surface area contributed by atoms with Crippen LogP contribution in [-0.4, -0.2) is 63.6 Å². The van der Waals surface area contributed by atoms with Crippen LogP contribution >= 0.6 is 11.8 Å². The van der Waals surface area contributed by atoms with Gasteiger partial charge in [0.1, 0.15) is 18.9 Å². The molecule has 0 radical (unpaired) electrons. The third kappa shape index (κ3) is 15.7. The van der Waals surface area contributed by atoms with Crippen LogP contribution in [0.15, 0.2) is 119 Å². The van der Waals surface area contributed by atoms with Crippen LogP contribution in [0.2, 0.25) is 0 Å². The molecule has 0 aliphatic carbocycles. The number of aromatic nitrogens is 1. The summed E-state index contributed by atoms with van der Waals surface area (Å²) in [6.45, 7) is -0.840. The number of amides is 2. The molecule has 5 aromatic rings. The van der Waals surface area contributed by atoms with E-state index in [9.17, 15) is 19.2 Å². The predicted octanol–water partition coefficient (Wildman–Crippen LogP) is 10.7. The molecule has 1 saturated heterocycles. The molecular formula is C51H61N3O9S. The van der Waals surface area contributed by atoms with Crippen molar-refractivity contribution in [3.63, 3.8) is 0 Å². The number of benzene rings is 4. The summed E-state index contributed by atoms with van der Waals surface area (Å²) in [6, 6.07) is 35.1. The number of ether oxygens (including phenoxy) is 2. The van der Waals surface area contributed by atoms with Gasteiger partial charge in [0.2, 0.25) is 11.8 Å². The Labute approximate surface area is 380 Å². The van der Waals surface area contributed by atoms with Crippen molar-refractivity contribution in [3.8, 4) is 22.6 Å². The van der Waals surface area contributed by atoms with Crippen molar-refractivity contribution >= 4 is 46.5 Å². The number of aliphatic hydroxyl groups excluding tert-OH is 2. The lowest BCUT2D eigenvalue weighted by atomic mass is 10.0. The Morgan fingerprint density at radius 1 is 0.594 bits per heavy atom. The van der Waals surface area contributed by atoms with Crippen molar-refractivity contribution in [3.05, 3.63) is 120 Å². The van der Waals surface area contributed by atoms with E-state index in [1.807, 2.05) is 109 Å². The summed E-state index contributed by atoms with van der Waals surface area (Å²) in [4.78, 5) is 52.9. The molecule has 1 aliphatic rings. The molecule has 1 aliphatic heterocycles. The molecule has 1 aromatic heterocycles. The molecule has 2 amide bonds. The van der Waals surface area contributed by atoms with Crippen molar-refractivity contribution < 1.29 is 43.3 Å². The zero-order valence-electron chi connectivity index (χ0n) is 35.5. The molecule has 3 unspecified atom stereocenters. The van der Waals surface area contributed by atoms with Gasteiger partial charge in [0.05, 0.1) is 12.2 Å². The lowest BCUT2D eigenvalue weighted by Gasteiger charge is -2.36. The number of nitrogens with one attached hydrogen (secondary N) is 2. The van der Waals surface area contributed by atoms with E-state index in [0.717, 1.165) is 53.6 Å². The Bertz CT molecular complexity index is 2050. The molecular weight excluding hydrogens is 831 g/mol. The van der Waals surface area contributed by atoms with Crippen molar-refractivity contribution in [1.82, 2.24) is 4.98 Å². The quantitative estimate of drug-likeness (QED) is 0.0324. The van der Waals surface area contributed by atoms with Crippen LogP contribution in [0.4, 0.5) is 11.4 Å². The maximum Gasteiger partial charge on any atom is 0.256 e. The number of unbranched alkanes of at least 4 members (excludes halogenated alkanes) is 6. The average Bonchev–Trinajstić information content (AvgIpc) is 3.76. The number of hydrogen-bond donors (Lipinski definition) is 4. The van der Waals surface area contributed by atoms with E-state index in [1.165, 1.54) is 11.8 Å². The van der Waals surface area contributed by atoms with Gasteiger partial charge in [0.15, 0.2) is 23.6 Å². The lowest BCUT2D eigenvalue weighted by Crippen LogP contribution is -2.31. The van der Waals surface area contributed by atoms with Gasteiger partial charge in [-0.25, -0.2) is 4.98 Å². The zero-order valence-corrected chi connectivity index (χ0v) is 36.4. The first kappa shape index (κ1) is 49.6. The lowest BCUT2D eigenvalue weighted by molar-refractivity contribution is -0.245. The number of nitrogens with zero attached hydrogens (tertiary/aromatic N) is 1. The number of hydrogen-bond acceptors (Lipinski definition) is 11. The highest BCUT2D eigenvalue weighted by Crippen LogP contribution is 2.41. The largest absolute Gasteiger partial charge is 0.431 e. The molecule has 2 heterocycles.